The molecule has 1 saturated carbocycles. The molecule has 3 saturated heterocycles. The van der Waals surface area contributed by atoms with E-state index in [4.69, 9.17) is 4.98 Å². The van der Waals surface area contributed by atoms with E-state index in [0.29, 0.717) is 23.3 Å². The monoisotopic (exact) mass is 492 g/mol. The third-order valence-electron chi connectivity index (χ3n) is 9.45. The molecule has 1 aliphatic carbocycles. The molecule has 2 unspecified atom stereocenters. The standard InChI is InChI=1S/C27H41BN6O2/c1-28(36)33-18-20-16-32(17-21(20)19-33)26-27(35)34(24-10-7-13-29-25(24)30-26)23-11-14-31(15-12-23)22-8-5-3-2-4-6-9-22/h7,10,13,20-23,36H,2-6,8-9,11-12,14-19H2,1H3. The van der Waals surface area contributed by atoms with E-state index in [1.54, 1.807) is 6.20 Å². The van der Waals surface area contributed by atoms with Crippen molar-refractivity contribution in [1.29, 1.82) is 0 Å². The van der Waals surface area contributed by atoms with Crippen LogP contribution in [0, 0.1) is 11.8 Å². The summed E-state index contributed by atoms with van der Waals surface area (Å²) < 4.78 is 2.04. The topological polar surface area (TPSA) is 77.7 Å². The summed E-state index contributed by atoms with van der Waals surface area (Å²) in [5.41, 5.74) is 1.60. The van der Waals surface area contributed by atoms with Gasteiger partial charge in [-0.25, -0.2) is 9.97 Å². The summed E-state index contributed by atoms with van der Waals surface area (Å²) >= 11 is 0. The highest BCUT2D eigenvalue weighted by Gasteiger charge is 2.43. The number of anilines is 1. The molecule has 8 nitrogen and oxygen atoms in total. The SMILES string of the molecule is CB(O)N1CC2CN(c3nc4ncccc4n(C4CCN(C5CCCCCCC5)CC4)c3=O)CC2C1. The average molecular weight is 492 g/mol. The summed E-state index contributed by atoms with van der Waals surface area (Å²) in [5.74, 6) is 1.52. The van der Waals surface area contributed by atoms with Crippen molar-refractivity contribution in [1.82, 2.24) is 24.2 Å². The zero-order valence-corrected chi connectivity index (χ0v) is 21.8. The molecule has 3 aliphatic heterocycles. The molecule has 2 aromatic heterocycles. The van der Waals surface area contributed by atoms with Gasteiger partial charge in [0, 0.05) is 44.5 Å². The van der Waals surface area contributed by atoms with Crippen molar-refractivity contribution in [3.8, 4) is 0 Å². The molecule has 0 radical (unpaired) electrons. The number of hydrogen-bond donors (Lipinski definition) is 1. The Labute approximate surface area is 214 Å². The van der Waals surface area contributed by atoms with Gasteiger partial charge < -0.3 is 19.6 Å². The number of pyridine rings is 1. The maximum absolute atomic E-state index is 14.0. The summed E-state index contributed by atoms with van der Waals surface area (Å²) in [6.45, 7) is 7.42. The minimum Gasteiger partial charge on any atom is -0.437 e. The first-order valence-electron chi connectivity index (χ1n) is 14.4. The number of piperidine rings is 1. The summed E-state index contributed by atoms with van der Waals surface area (Å²) in [6.07, 6.45) is 13.4. The molecule has 4 fully saturated rings. The van der Waals surface area contributed by atoms with Gasteiger partial charge in [-0.15, -0.1) is 0 Å². The molecule has 36 heavy (non-hydrogen) atoms. The maximum atomic E-state index is 14.0. The number of rotatable bonds is 4. The van der Waals surface area contributed by atoms with E-state index in [0.717, 1.165) is 63.7 Å². The van der Waals surface area contributed by atoms with Crippen molar-refractivity contribution in [3.63, 3.8) is 0 Å². The molecule has 194 valence electrons. The van der Waals surface area contributed by atoms with Crippen LogP contribution in [0.25, 0.3) is 11.2 Å². The summed E-state index contributed by atoms with van der Waals surface area (Å²) in [5, 5.41) is 10.00. The van der Waals surface area contributed by atoms with Crippen LogP contribution < -0.4 is 10.5 Å². The number of hydrogen-bond acceptors (Lipinski definition) is 7. The fourth-order valence-electron chi connectivity index (χ4n) is 7.41. The van der Waals surface area contributed by atoms with E-state index in [1.165, 1.54) is 44.9 Å². The Morgan fingerprint density at radius 2 is 1.58 bits per heavy atom. The molecule has 0 spiro atoms. The van der Waals surface area contributed by atoms with Crippen LogP contribution in [0.5, 0.6) is 0 Å². The van der Waals surface area contributed by atoms with Crippen LogP contribution in [0.4, 0.5) is 5.82 Å². The lowest BCUT2D eigenvalue weighted by molar-refractivity contribution is 0.116. The maximum Gasteiger partial charge on any atom is 0.376 e. The van der Waals surface area contributed by atoms with E-state index in [-0.39, 0.29) is 11.6 Å². The predicted molar refractivity (Wildman–Crippen MR) is 144 cm³/mol. The van der Waals surface area contributed by atoms with Crippen LogP contribution in [0.2, 0.25) is 6.82 Å². The van der Waals surface area contributed by atoms with E-state index < -0.39 is 7.05 Å². The van der Waals surface area contributed by atoms with Crippen LogP contribution in [0.15, 0.2) is 23.1 Å². The minimum absolute atomic E-state index is 0.0484. The Hall–Kier alpha value is -1.97. The third-order valence-corrected chi connectivity index (χ3v) is 9.45. The predicted octanol–water partition coefficient (Wildman–Crippen LogP) is 3.02. The second-order valence-electron chi connectivity index (χ2n) is 11.7. The first-order valence-corrected chi connectivity index (χ1v) is 14.4. The van der Waals surface area contributed by atoms with Crippen LogP contribution in [0.1, 0.15) is 63.8 Å². The van der Waals surface area contributed by atoms with Crippen molar-refractivity contribution in [3.05, 3.63) is 28.7 Å². The molecule has 6 rings (SSSR count). The fraction of sp³-hybridized carbons (Fsp3) is 0.741. The van der Waals surface area contributed by atoms with Crippen LogP contribution in [0.3, 0.4) is 0 Å². The van der Waals surface area contributed by atoms with Crippen LogP contribution in [-0.4, -0.2) is 81.6 Å². The molecule has 2 atom stereocenters. The van der Waals surface area contributed by atoms with Crippen LogP contribution in [-0.2, 0) is 0 Å². The smallest absolute Gasteiger partial charge is 0.376 e. The Bertz CT molecular complexity index is 1100. The highest BCUT2D eigenvalue weighted by atomic mass is 16.2. The molecule has 2 aromatic rings. The van der Waals surface area contributed by atoms with Gasteiger partial charge >= 0.3 is 7.05 Å². The highest BCUT2D eigenvalue weighted by Crippen LogP contribution is 2.34. The Balaban J connectivity index is 1.23. The molecule has 0 bridgehead atoms. The summed E-state index contributed by atoms with van der Waals surface area (Å²) in [7, 11) is -0.405. The fourth-order valence-corrected chi connectivity index (χ4v) is 7.41. The van der Waals surface area contributed by atoms with Gasteiger partial charge in [-0.1, -0.05) is 32.1 Å². The van der Waals surface area contributed by atoms with Gasteiger partial charge in [0.1, 0.15) is 0 Å². The van der Waals surface area contributed by atoms with E-state index in [9.17, 15) is 9.82 Å². The third kappa shape index (κ3) is 4.70. The molecule has 1 N–H and O–H groups in total. The van der Waals surface area contributed by atoms with Gasteiger partial charge in [0.05, 0.1) is 5.52 Å². The van der Waals surface area contributed by atoms with Gasteiger partial charge in [-0.2, -0.15) is 0 Å². The molecular formula is C27H41BN6O2. The Kier molecular flexibility index (Phi) is 7.06. The zero-order valence-electron chi connectivity index (χ0n) is 21.8. The second-order valence-corrected chi connectivity index (χ2v) is 11.7. The van der Waals surface area contributed by atoms with Crippen molar-refractivity contribution >= 4 is 24.0 Å². The minimum atomic E-state index is -0.405. The summed E-state index contributed by atoms with van der Waals surface area (Å²) in [6, 6.07) is 4.86. The normalized spacial score (nSPS) is 27.3. The number of aromatic nitrogens is 3. The van der Waals surface area contributed by atoms with Crippen molar-refractivity contribution in [2.75, 3.05) is 44.2 Å². The number of likely N-dealkylation sites (tertiary alicyclic amines) is 1. The van der Waals surface area contributed by atoms with Crippen molar-refractivity contribution in [2.24, 2.45) is 11.8 Å². The molecule has 9 heteroatoms. The quantitative estimate of drug-likeness (QED) is 0.658. The number of fused-ring (bicyclic) bond motifs is 2. The summed E-state index contributed by atoms with van der Waals surface area (Å²) in [4.78, 5) is 30.4. The molecule has 5 heterocycles. The Morgan fingerprint density at radius 3 is 2.25 bits per heavy atom. The lowest BCUT2D eigenvalue weighted by Gasteiger charge is -2.39. The number of nitrogens with zero attached hydrogens (tertiary/aromatic N) is 6. The first kappa shape index (κ1) is 24.4. The van der Waals surface area contributed by atoms with Gasteiger partial charge in [0.15, 0.2) is 11.5 Å². The Morgan fingerprint density at radius 1 is 0.917 bits per heavy atom. The van der Waals surface area contributed by atoms with E-state index >= 15 is 0 Å². The largest absolute Gasteiger partial charge is 0.437 e. The second kappa shape index (κ2) is 10.4. The van der Waals surface area contributed by atoms with Crippen molar-refractivity contribution < 1.29 is 5.02 Å². The first-order chi connectivity index (χ1) is 17.6. The highest BCUT2D eigenvalue weighted by molar-refractivity contribution is 6.45. The van der Waals surface area contributed by atoms with Gasteiger partial charge in [-0.05, 0) is 69.6 Å². The molecule has 0 aromatic carbocycles. The van der Waals surface area contributed by atoms with E-state index in [1.807, 2.05) is 23.5 Å². The molecule has 0 amide bonds. The molecular weight excluding hydrogens is 451 g/mol. The lowest BCUT2D eigenvalue weighted by atomic mass is 9.85. The van der Waals surface area contributed by atoms with Gasteiger partial charge in [-0.3, -0.25) is 9.36 Å². The van der Waals surface area contributed by atoms with Crippen molar-refractivity contribution in [2.45, 2.75) is 76.7 Å². The van der Waals surface area contributed by atoms with Crippen LogP contribution >= 0.6 is 0 Å². The van der Waals surface area contributed by atoms with E-state index in [2.05, 4.69) is 19.6 Å². The van der Waals surface area contributed by atoms with Gasteiger partial charge in [0.2, 0.25) is 0 Å². The average Bonchev–Trinajstić information content (AvgIpc) is 3.44. The lowest BCUT2D eigenvalue weighted by Crippen LogP contribution is -2.44. The zero-order chi connectivity index (χ0) is 24.6. The van der Waals surface area contributed by atoms with Gasteiger partial charge in [0.25, 0.3) is 5.56 Å². The molecule has 4 aliphatic rings.